The van der Waals surface area contributed by atoms with Gasteiger partial charge >= 0.3 is 17.9 Å². The van der Waals surface area contributed by atoms with Crippen LogP contribution in [0.1, 0.15) is 85.4 Å². The maximum Gasteiger partial charge on any atom is 0.316 e. The lowest BCUT2D eigenvalue weighted by molar-refractivity contribution is -0.145. The molecule has 0 spiro atoms. The van der Waals surface area contributed by atoms with Crippen LogP contribution in [0, 0.1) is 16.2 Å². The smallest absolute Gasteiger partial charge is 0.316 e. The number of aryl methyl sites for hydroxylation is 1. The van der Waals surface area contributed by atoms with E-state index in [9.17, 15) is 14.4 Å². The highest BCUT2D eigenvalue weighted by Gasteiger charge is 2.31. The summed E-state index contributed by atoms with van der Waals surface area (Å²) in [7, 11) is 0. The summed E-state index contributed by atoms with van der Waals surface area (Å²) in [5, 5.41) is 0.618. The number of fused-ring (bicyclic) bond motifs is 1. The average molecular weight is 566 g/mol. The number of para-hydroxylation sites is 1. The first kappa shape index (κ1) is 31.0. The van der Waals surface area contributed by atoms with Crippen LogP contribution < -0.4 is 9.47 Å². The molecule has 40 heavy (non-hydrogen) atoms. The molecular weight excluding hydrogens is 526 g/mol. The molecule has 0 saturated heterocycles. The van der Waals surface area contributed by atoms with E-state index < -0.39 is 34.2 Å². The molecule has 0 bridgehead atoms. The number of benzene rings is 2. The fourth-order valence-electron chi connectivity index (χ4n) is 3.24. The molecule has 0 aliphatic carbocycles. The van der Waals surface area contributed by atoms with E-state index in [1.54, 1.807) is 74.5 Å². The first-order valence-electron chi connectivity index (χ1n) is 13.3. The molecule has 0 aliphatic rings. The molecule has 3 rings (SSSR count). The van der Waals surface area contributed by atoms with Crippen molar-refractivity contribution >= 4 is 51.3 Å². The average Bonchev–Trinajstić information content (AvgIpc) is 3.24. The predicted octanol–water partition coefficient (Wildman–Crippen LogP) is 7.85. The van der Waals surface area contributed by atoms with Crippen LogP contribution in [0.3, 0.4) is 0 Å². The number of hydrogen-bond donors (Lipinski definition) is 0. The quantitative estimate of drug-likeness (QED) is 0.171. The topological polar surface area (TPSA) is 91.8 Å². The molecule has 7 nitrogen and oxygen atoms in total. The van der Waals surface area contributed by atoms with E-state index in [2.05, 4.69) is 4.98 Å². The Balaban J connectivity index is 2.27. The molecule has 1 aromatic heterocycles. The van der Waals surface area contributed by atoms with Crippen LogP contribution in [0.2, 0.25) is 0 Å². The van der Waals surface area contributed by atoms with Crippen molar-refractivity contribution in [3.05, 3.63) is 52.5 Å². The van der Waals surface area contributed by atoms with E-state index in [-0.39, 0.29) is 17.3 Å². The highest BCUT2D eigenvalue weighted by Crippen LogP contribution is 2.39. The van der Waals surface area contributed by atoms with E-state index in [0.29, 0.717) is 22.6 Å². The Kier molecular flexibility index (Phi) is 8.94. The molecule has 0 amide bonds. The summed E-state index contributed by atoms with van der Waals surface area (Å²) in [4.78, 5) is 43.6. The van der Waals surface area contributed by atoms with E-state index >= 15 is 0 Å². The third-order valence-corrected chi connectivity index (χ3v) is 6.80. The summed E-state index contributed by atoms with van der Waals surface area (Å²) in [5.74, 6) is -0.805. The maximum absolute atomic E-state index is 13.1. The Morgan fingerprint density at radius 2 is 1.35 bits per heavy atom. The molecule has 1 heterocycles. The Labute approximate surface area is 240 Å². The molecular formula is C32H39NO6S. The Morgan fingerprint density at radius 1 is 0.800 bits per heavy atom. The van der Waals surface area contributed by atoms with E-state index in [1.807, 2.05) is 31.2 Å². The SMILES string of the molecule is CCc1cc(C(=Cc2nc3ccccc3s2)OC(=O)C(C)(C)C)c(OC(=O)C(C)(C)C)cc1OC(=O)C(C)(C)C. The Hall–Kier alpha value is -3.52. The summed E-state index contributed by atoms with van der Waals surface area (Å²) < 4.78 is 18.6. The van der Waals surface area contributed by atoms with Gasteiger partial charge in [0.15, 0.2) is 0 Å². The van der Waals surface area contributed by atoms with Gasteiger partial charge < -0.3 is 14.2 Å². The number of carbonyl (C=O) groups is 3. The molecule has 2 aromatic carbocycles. The number of nitrogens with zero attached hydrogens (tertiary/aromatic N) is 1. The lowest BCUT2D eigenvalue weighted by Crippen LogP contribution is -2.27. The molecule has 0 aliphatic heterocycles. The van der Waals surface area contributed by atoms with Crippen molar-refractivity contribution in [2.45, 2.75) is 75.7 Å². The van der Waals surface area contributed by atoms with Crippen molar-refractivity contribution in [1.82, 2.24) is 4.98 Å². The second-order valence-electron chi connectivity index (χ2n) is 12.8. The third-order valence-electron chi connectivity index (χ3n) is 5.82. The molecule has 0 radical (unpaired) electrons. The zero-order valence-electron chi connectivity index (χ0n) is 25.1. The second kappa shape index (κ2) is 11.5. The number of hydrogen-bond acceptors (Lipinski definition) is 8. The monoisotopic (exact) mass is 565 g/mol. The number of carbonyl (C=O) groups excluding carboxylic acids is 3. The van der Waals surface area contributed by atoms with Crippen LogP contribution in [0.15, 0.2) is 36.4 Å². The highest BCUT2D eigenvalue weighted by molar-refractivity contribution is 7.19. The second-order valence-corrected chi connectivity index (χ2v) is 13.8. The van der Waals surface area contributed by atoms with Crippen LogP contribution in [0.25, 0.3) is 22.1 Å². The van der Waals surface area contributed by atoms with Crippen molar-refractivity contribution in [1.29, 1.82) is 0 Å². The van der Waals surface area contributed by atoms with Gasteiger partial charge in [-0.2, -0.15) is 0 Å². The van der Waals surface area contributed by atoms with Crippen LogP contribution in [0.4, 0.5) is 0 Å². The van der Waals surface area contributed by atoms with Gasteiger partial charge in [0, 0.05) is 12.1 Å². The third kappa shape index (κ3) is 7.56. The molecule has 0 atom stereocenters. The van der Waals surface area contributed by atoms with E-state index in [4.69, 9.17) is 14.2 Å². The molecule has 0 unspecified atom stereocenters. The molecule has 0 saturated carbocycles. The van der Waals surface area contributed by atoms with Crippen LogP contribution >= 0.6 is 11.3 Å². The number of esters is 3. The number of aromatic nitrogens is 1. The van der Waals surface area contributed by atoms with Gasteiger partial charge in [-0.15, -0.1) is 11.3 Å². The fraction of sp³-hybridized carbons (Fsp3) is 0.438. The molecule has 214 valence electrons. The van der Waals surface area contributed by atoms with Crippen LogP contribution in [0.5, 0.6) is 11.5 Å². The number of thiazole rings is 1. The molecule has 8 heteroatoms. The van der Waals surface area contributed by atoms with Gasteiger partial charge in [0.25, 0.3) is 0 Å². The van der Waals surface area contributed by atoms with Gasteiger partial charge in [-0.3, -0.25) is 14.4 Å². The zero-order chi connectivity index (χ0) is 30.0. The van der Waals surface area contributed by atoms with Crippen molar-refractivity contribution in [3.63, 3.8) is 0 Å². The standard InChI is InChI=1S/C32H39NO6S/c1-11-19-16-20(23(38-28(35)31(5,6)7)17-22(19)37-27(34)30(2,3)4)24(39-29(36)32(8,9)10)18-26-33-21-14-12-13-15-25(21)40-26/h12-18H,11H2,1-10H3. The molecule has 0 N–H and O–H groups in total. The Morgan fingerprint density at radius 3 is 1.88 bits per heavy atom. The summed E-state index contributed by atoms with van der Waals surface area (Å²) in [6.45, 7) is 17.7. The largest absolute Gasteiger partial charge is 0.426 e. The summed E-state index contributed by atoms with van der Waals surface area (Å²) in [5.41, 5.74) is -0.482. The van der Waals surface area contributed by atoms with Gasteiger partial charge in [0.05, 0.1) is 32.0 Å². The molecule has 3 aromatic rings. The number of ether oxygens (including phenoxy) is 3. The van der Waals surface area contributed by atoms with Gasteiger partial charge in [-0.05, 0) is 92.5 Å². The van der Waals surface area contributed by atoms with Gasteiger partial charge in [-0.25, -0.2) is 4.98 Å². The van der Waals surface area contributed by atoms with Crippen LogP contribution in [-0.2, 0) is 25.5 Å². The van der Waals surface area contributed by atoms with Crippen molar-refractivity contribution in [2.24, 2.45) is 16.2 Å². The van der Waals surface area contributed by atoms with Gasteiger partial charge in [0.1, 0.15) is 22.3 Å². The minimum absolute atomic E-state index is 0.114. The lowest BCUT2D eigenvalue weighted by Gasteiger charge is -2.23. The summed E-state index contributed by atoms with van der Waals surface area (Å²) in [6, 6.07) is 11.0. The number of rotatable bonds is 6. The first-order valence-corrected chi connectivity index (χ1v) is 14.1. The van der Waals surface area contributed by atoms with E-state index in [1.165, 1.54) is 17.4 Å². The lowest BCUT2D eigenvalue weighted by atomic mass is 9.96. The van der Waals surface area contributed by atoms with Crippen LogP contribution in [-0.4, -0.2) is 22.9 Å². The molecule has 0 fully saturated rings. The Bertz CT molecular complexity index is 1430. The van der Waals surface area contributed by atoms with Crippen molar-refractivity contribution in [3.8, 4) is 11.5 Å². The zero-order valence-corrected chi connectivity index (χ0v) is 25.9. The van der Waals surface area contributed by atoms with Crippen molar-refractivity contribution in [2.75, 3.05) is 0 Å². The minimum atomic E-state index is -0.818. The van der Waals surface area contributed by atoms with E-state index in [0.717, 1.165) is 10.2 Å². The normalized spacial score (nSPS) is 12.8. The summed E-state index contributed by atoms with van der Waals surface area (Å²) >= 11 is 1.45. The first-order chi connectivity index (χ1) is 18.4. The maximum atomic E-state index is 13.1. The van der Waals surface area contributed by atoms with Crippen molar-refractivity contribution < 1.29 is 28.6 Å². The fourth-order valence-corrected chi connectivity index (χ4v) is 4.14. The van der Waals surface area contributed by atoms with Gasteiger partial charge in [0.2, 0.25) is 0 Å². The van der Waals surface area contributed by atoms with Gasteiger partial charge in [-0.1, -0.05) is 19.1 Å². The minimum Gasteiger partial charge on any atom is -0.426 e. The highest BCUT2D eigenvalue weighted by atomic mass is 32.1. The predicted molar refractivity (Wildman–Crippen MR) is 159 cm³/mol. The summed E-state index contributed by atoms with van der Waals surface area (Å²) in [6.07, 6.45) is 2.19.